The highest BCUT2D eigenvalue weighted by Crippen LogP contribution is 2.28. The zero-order chi connectivity index (χ0) is 13.8. The van der Waals surface area contributed by atoms with Gasteiger partial charge in [-0.1, -0.05) is 15.9 Å². The number of furan rings is 1. The Balaban J connectivity index is 2.09. The minimum atomic E-state index is -0.566. The van der Waals surface area contributed by atoms with Crippen molar-refractivity contribution in [2.75, 3.05) is 12.4 Å². The van der Waals surface area contributed by atoms with Gasteiger partial charge in [-0.15, -0.1) is 0 Å². The summed E-state index contributed by atoms with van der Waals surface area (Å²) in [5, 5.41) is 13.6. The average molecular weight is 327 g/mol. The van der Waals surface area contributed by atoms with Crippen LogP contribution in [-0.2, 0) is 6.54 Å². The van der Waals surface area contributed by atoms with E-state index in [9.17, 15) is 10.1 Å². The van der Waals surface area contributed by atoms with Gasteiger partial charge < -0.3 is 14.5 Å². The Morgan fingerprint density at radius 3 is 2.84 bits per heavy atom. The minimum absolute atomic E-state index is 0.266. The summed E-state index contributed by atoms with van der Waals surface area (Å²) in [7, 11) is 1.58. The molecule has 100 valence electrons. The molecule has 1 aromatic carbocycles. The predicted octanol–water partition coefficient (Wildman–Crippen LogP) is 3.57. The quantitative estimate of drug-likeness (QED) is 0.671. The molecule has 0 fully saturated rings. The lowest BCUT2D eigenvalue weighted by molar-refractivity contribution is -0.402. The largest absolute Gasteiger partial charge is 0.495 e. The van der Waals surface area contributed by atoms with Crippen molar-refractivity contribution in [2.24, 2.45) is 0 Å². The van der Waals surface area contributed by atoms with E-state index in [-0.39, 0.29) is 5.88 Å². The Hall–Kier alpha value is -2.02. The first-order valence-electron chi connectivity index (χ1n) is 5.40. The average Bonchev–Trinajstić information content (AvgIpc) is 2.85. The second-order valence-corrected chi connectivity index (χ2v) is 4.61. The second-order valence-electron chi connectivity index (χ2n) is 3.70. The van der Waals surface area contributed by atoms with Gasteiger partial charge in [0, 0.05) is 4.47 Å². The summed E-state index contributed by atoms with van der Waals surface area (Å²) in [6.07, 6.45) is 0. The van der Waals surface area contributed by atoms with Gasteiger partial charge >= 0.3 is 5.88 Å². The third-order valence-electron chi connectivity index (χ3n) is 2.44. The molecule has 0 aliphatic heterocycles. The van der Waals surface area contributed by atoms with Gasteiger partial charge in [0.15, 0.2) is 0 Å². The maximum Gasteiger partial charge on any atom is 0.433 e. The maximum absolute atomic E-state index is 10.5. The van der Waals surface area contributed by atoms with Crippen molar-refractivity contribution in [1.29, 1.82) is 0 Å². The third kappa shape index (κ3) is 3.25. The summed E-state index contributed by atoms with van der Waals surface area (Å²) < 4.78 is 11.2. The summed E-state index contributed by atoms with van der Waals surface area (Å²) in [6.45, 7) is 0.334. The van der Waals surface area contributed by atoms with E-state index in [0.29, 0.717) is 18.1 Å². The number of nitro groups is 1. The highest BCUT2D eigenvalue weighted by Gasteiger charge is 2.12. The zero-order valence-electron chi connectivity index (χ0n) is 10.1. The first kappa shape index (κ1) is 13.4. The number of ether oxygens (including phenoxy) is 1. The lowest BCUT2D eigenvalue weighted by atomic mass is 10.3. The molecule has 0 bridgehead atoms. The van der Waals surface area contributed by atoms with Crippen LogP contribution in [-0.4, -0.2) is 12.0 Å². The van der Waals surface area contributed by atoms with Gasteiger partial charge in [0.25, 0.3) is 0 Å². The molecule has 0 saturated heterocycles. The van der Waals surface area contributed by atoms with Gasteiger partial charge in [0.2, 0.25) is 0 Å². The van der Waals surface area contributed by atoms with E-state index in [4.69, 9.17) is 9.15 Å². The predicted molar refractivity (Wildman–Crippen MR) is 73.4 cm³/mol. The van der Waals surface area contributed by atoms with Crippen molar-refractivity contribution >= 4 is 27.5 Å². The molecule has 1 N–H and O–H groups in total. The summed E-state index contributed by atoms with van der Waals surface area (Å²) in [6, 6.07) is 8.43. The van der Waals surface area contributed by atoms with Crippen molar-refractivity contribution in [3.63, 3.8) is 0 Å². The summed E-state index contributed by atoms with van der Waals surface area (Å²) in [5.74, 6) is 0.899. The fourth-order valence-electron chi connectivity index (χ4n) is 1.56. The fraction of sp³-hybridized carbons (Fsp3) is 0.167. The van der Waals surface area contributed by atoms with Crippen molar-refractivity contribution in [1.82, 2.24) is 0 Å². The molecule has 1 heterocycles. The van der Waals surface area contributed by atoms with Crippen molar-refractivity contribution in [3.05, 3.63) is 50.7 Å². The molecule has 0 unspecified atom stereocenters. The van der Waals surface area contributed by atoms with Gasteiger partial charge in [-0.25, -0.2) is 0 Å². The molecule has 0 aliphatic rings. The van der Waals surface area contributed by atoms with Crippen LogP contribution >= 0.6 is 15.9 Å². The summed E-state index contributed by atoms with van der Waals surface area (Å²) >= 11 is 3.37. The highest BCUT2D eigenvalue weighted by atomic mass is 79.9. The topological polar surface area (TPSA) is 77.5 Å². The molecule has 6 nitrogen and oxygen atoms in total. The molecule has 0 atom stereocenters. The molecule has 0 radical (unpaired) electrons. The summed E-state index contributed by atoms with van der Waals surface area (Å²) in [4.78, 5) is 9.93. The lowest BCUT2D eigenvalue weighted by Crippen LogP contribution is -2.00. The van der Waals surface area contributed by atoms with Crippen LogP contribution in [0.15, 0.2) is 39.2 Å². The number of hydrogen-bond acceptors (Lipinski definition) is 5. The number of nitrogens with zero attached hydrogens (tertiary/aromatic N) is 1. The SMILES string of the molecule is COc1ccc(Br)cc1NCc1ccc([N+](=O)[O-])o1. The number of halogens is 1. The Kier molecular flexibility index (Phi) is 4.06. The lowest BCUT2D eigenvalue weighted by Gasteiger charge is -2.10. The van der Waals surface area contributed by atoms with Gasteiger partial charge in [0.1, 0.15) is 16.4 Å². The fourth-order valence-corrected chi connectivity index (χ4v) is 1.92. The van der Waals surface area contributed by atoms with E-state index in [2.05, 4.69) is 21.2 Å². The smallest absolute Gasteiger partial charge is 0.433 e. The van der Waals surface area contributed by atoms with Crippen LogP contribution in [0.1, 0.15) is 5.76 Å². The molecule has 19 heavy (non-hydrogen) atoms. The van der Waals surface area contributed by atoms with Crippen LogP contribution < -0.4 is 10.1 Å². The second kappa shape index (κ2) is 5.75. The maximum atomic E-state index is 10.5. The number of methoxy groups -OCH3 is 1. The van der Waals surface area contributed by atoms with Crippen LogP contribution in [0.2, 0.25) is 0 Å². The van der Waals surface area contributed by atoms with E-state index in [1.807, 2.05) is 18.2 Å². The molecule has 0 saturated carbocycles. The van der Waals surface area contributed by atoms with E-state index in [1.54, 1.807) is 13.2 Å². The molecule has 0 aliphatic carbocycles. The minimum Gasteiger partial charge on any atom is -0.495 e. The number of anilines is 1. The van der Waals surface area contributed by atoms with E-state index >= 15 is 0 Å². The first-order chi connectivity index (χ1) is 9.10. The number of hydrogen-bond donors (Lipinski definition) is 1. The Labute approximate surface area is 117 Å². The van der Waals surface area contributed by atoms with Gasteiger partial charge in [-0.3, -0.25) is 10.1 Å². The number of nitrogens with one attached hydrogen (secondary N) is 1. The van der Waals surface area contributed by atoms with Gasteiger partial charge in [0.05, 0.1) is 25.4 Å². The monoisotopic (exact) mass is 326 g/mol. The Bertz CT molecular complexity index is 597. The Morgan fingerprint density at radius 1 is 1.42 bits per heavy atom. The standard InChI is InChI=1S/C12H11BrN2O4/c1-18-11-4-2-8(13)6-10(11)14-7-9-3-5-12(19-9)15(16)17/h2-6,14H,7H2,1H3. The highest BCUT2D eigenvalue weighted by molar-refractivity contribution is 9.10. The van der Waals surface area contributed by atoms with E-state index in [0.717, 1.165) is 10.2 Å². The molecule has 2 aromatic rings. The first-order valence-corrected chi connectivity index (χ1v) is 6.20. The van der Waals surface area contributed by atoms with Crippen LogP contribution in [0.25, 0.3) is 0 Å². The van der Waals surface area contributed by atoms with E-state index in [1.165, 1.54) is 6.07 Å². The Morgan fingerprint density at radius 2 is 2.21 bits per heavy atom. The van der Waals surface area contributed by atoms with E-state index < -0.39 is 4.92 Å². The van der Waals surface area contributed by atoms with Crippen molar-refractivity contribution < 1.29 is 14.1 Å². The molecule has 7 heteroatoms. The van der Waals surface area contributed by atoms with Crippen molar-refractivity contribution in [2.45, 2.75) is 6.54 Å². The van der Waals surface area contributed by atoms with Gasteiger partial charge in [-0.2, -0.15) is 0 Å². The van der Waals surface area contributed by atoms with Crippen LogP contribution in [0.4, 0.5) is 11.6 Å². The van der Waals surface area contributed by atoms with Crippen LogP contribution in [0.3, 0.4) is 0 Å². The van der Waals surface area contributed by atoms with Crippen LogP contribution in [0.5, 0.6) is 5.75 Å². The number of rotatable bonds is 5. The zero-order valence-corrected chi connectivity index (χ0v) is 11.6. The molecule has 1 aromatic heterocycles. The van der Waals surface area contributed by atoms with Crippen molar-refractivity contribution in [3.8, 4) is 5.75 Å². The summed E-state index contributed by atoms with van der Waals surface area (Å²) in [5.41, 5.74) is 0.774. The molecule has 0 spiro atoms. The number of benzene rings is 1. The molecular weight excluding hydrogens is 316 g/mol. The molecule has 2 rings (SSSR count). The van der Waals surface area contributed by atoms with Gasteiger partial charge in [-0.05, 0) is 24.3 Å². The molecule has 0 amide bonds. The molecular formula is C12H11BrN2O4. The van der Waals surface area contributed by atoms with Crippen LogP contribution in [0, 0.1) is 10.1 Å². The normalized spacial score (nSPS) is 10.2. The third-order valence-corrected chi connectivity index (χ3v) is 2.94.